The Morgan fingerprint density at radius 3 is 2.54 bits per heavy atom. The average Bonchev–Trinajstić information content (AvgIpc) is 2.94. The van der Waals surface area contributed by atoms with Gasteiger partial charge >= 0.3 is 0 Å². The summed E-state index contributed by atoms with van der Waals surface area (Å²) in [6, 6.07) is 6.77. The van der Waals surface area contributed by atoms with E-state index in [1.165, 1.54) is 12.1 Å². The predicted octanol–water partition coefficient (Wildman–Crippen LogP) is 2.96. The fourth-order valence-corrected chi connectivity index (χ4v) is 2.94. The van der Waals surface area contributed by atoms with E-state index in [1.807, 2.05) is 24.9 Å². The maximum absolute atomic E-state index is 13.1. The Hall–Kier alpha value is -2.37. The first-order valence-electron chi connectivity index (χ1n) is 8.38. The number of rotatable bonds is 3. The molecule has 3 rings (SSSR count). The van der Waals surface area contributed by atoms with E-state index in [1.54, 1.807) is 23.0 Å². The number of anilines is 1. The number of nitrogens with zero attached hydrogens (tertiary/aromatic N) is 4. The van der Waals surface area contributed by atoms with Crippen LogP contribution in [0.15, 0.2) is 36.7 Å². The van der Waals surface area contributed by atoms with E-state index >= 15 is 0 Å². The number of carbonyl (C=O) groups excluding carboxylic acids is 1. The van der Waals surface area contributed by atoms with Crippen LogP contribution < -0.4 is 4.90 Å². The highest BCUT2D eigenvalue weighted by molar-refractivity contribution is 5.93. The van der Waals surface area contributed by atoms with Crippen molar-refractivity contribution >= 4 is 11.6 Å². The lowest BCUT2D eigenvalue weighted by Gasteiger charge is -2.23. The van der Waals surface area contributed by atoms with Crippen molar-refractivity contribution < 1.29 is 9.18 Å². The van der Waals surface area contributed by atoms with E-state index in [0.29, 0.717) is 12.1 Å². The first-order chi connectivity index (χ1) is 11.5. The second kappa shape index (κ2) is 7.03. The summed E-state index contributed by atoms with van der Waals surface area (Å²) in [5.41, 5.74) is 1.64. The Bertz CT molecular complexity index is 695. The molecule has 1 aliphatic rings. The lowest BCUT2D eigenvalue weighted by atomic mass is 10.2. The normalized spacial score (nSPS) is 15.7. The van der Waals surface area contributed by atoms with Crippen molar-refractivity contribution in [3.63, 3.8) is 0 Å². The van der Waals surface area contributed by atoms with Crippen LogP contribution in [-0.4, -0.2) is 46.8 Å². The van der Waals surface area contributed by atoms with Gasteiger partial charge in [0.05, 0.1) is 11.8 Å². The SMILES string of the molecule is CC(C)n1cc(C(=O)N2CCCN(c3ccc(F)cc3)CC2)cn1. The van der Waals surface area contributed by atoms with Crippen molar-refractivity contribution in [1.29, 1.82) is 0 Å². The molecule has 0 aliphatic carbocycles. The lowest BCUT2D eigenvalue weighted by molar-refractivity contribution is 0.0767. The molecule has 0 atom stereocenters. The van der Waals surface area contributed by atoms with E-state index in [2.05, 4.69) is 10.00 Å². The number of hydrogen-bond donors (Lipinski definition) is 0. The van der Waals surface area contributed by atoms with Crippen LogP contribution in [0.25, 0.3) is 0 Å². The van der Waals surface area contributed by atoms with Gasteiger partial charge in [-0.15, -0.1) is 0 Å². The highest BCUT2D eigenvalue weighted by atomic mass is 19.1. The van der Waals surface area contributed by atoms with Crippen LogP contribution in [0.2, 0.25) is 0 Å². The Labute approximate surface area is 141 Å². The van der Waals surface area contributed by atoms with Gasteiger partial charge in [-0.1, -0.05) is 0 Å². The Kier molecular flexibility index (Phi) is 4.83. The molecular formula is C18H23FN4O. The lowest BCUT2D eigenvalue weighted by Crippen LogP contribution is -2.35. The van der Waals surface area contributed by atoms with Gasteiger partial charge in [-0.25, -0.2) is 4.39 Å². The fraction of sp³-hybridized carbons (Fsp3) is 0.444. The number of carbonyl (C=O) groups is 1. The molecule has 0 bridgehead atoms. The van der Waals surface area contributed by atoms with Gasteiger partial charge in [-0.3, -0.25) is 9.48 Å². The molecule has 0 spiro atoms. The van der Waals surface area contributed by atoms with Crippen molar-refractivity contribution in [2.45, 2.75) is 26.3 Å². The number of benzene rings is 1. The van der Waals surface area contributed by atoms with Gasteiger partial charge in [0.25, 0.3) is 5.91 Å². The van der Waals surface area contributed by atoms with E-state index < -0.39 is 0 Å². The van der Waals surface area contributed by atoms with Crippen LogP contribution in [0.1, 0.15) is 36.7 Å². The predicted molar refractivity (Wildman–Crippen MR) is 91.7 cm³/mol. The van der Waals surface area contributed by atoms with Crippen LogP contribution in [0.3, 0.4) is 0 Å². The van der Waals surface area contributed by atoms with Crippen molar-refractivity contribution in [2.24, 2.45) is 0 Å². The summed E-state index contributed by atoms with van der Waals surface area (Å²) in [4.78, 5) is 16.8. The molecule has 0 N–H and O–H groups in total. The van der Waals surface area contributed by atoms with Crippen LogP contribution in [0.5, 0.6) is 0 Å². The van der Waals surface area contributed by atoms with Crippen LogP contribution in [-0.2, 0) is 0 Å². The molecule has 1 aromatic heterocycles. The third-order valence-corrected chi connectivity index (χ3v) is 4.35. The zero-order valence-electron chi connectivity index (χ0n) is 14.2. The Morgan fingerprint density at radius 2 is 1.88 bits per heavy atom. The number of aromatic nitrogens is 2. The number of halogens is 1. The first-order valence-corrected chi connectivity index (χ1v) is 8.38. The zero-order valence-corrected chi connectivity index (χ0v) is 14.2. The Balaban J connectivity index is 1.66. The fourth-order valence-electron chi connectivity index (χ4n) is 2.94. The highest BCUT2D eigenvalue weighted by Gasteiger charge is 2.21. The van der Waals surface area contributed by atoms with Gasteiger partial charge in [-0.2, -0.15) is 5.10 Å². The van der Waals surface area contributed by atoms with Gasteiger partial charge in [0.1, 0.15) is 5.82 Å². The highest BCUT2D eigenvalue weighted by Crippen LogP contribution is 2.18. The molecule has 1 aromatic carbocycles. The van der Waals surface area contributed by atoms with Crippen LogP contribution >= 0.6 is 0 Å². The number of amides is 1. The monoisotopic (exact) mass is 330 g/mol. The molecule has 2 aromatic rings. The van der Waals surface area contributed by atoms with Crippen LogP contribution in [0, 0.1) is 5.82 Å². The summed E-state index contributed by atoms with van der Waals surface area (Å²) in [6.07, 6.45) is 4.35. The van der Waals surface area contributed by atoms with E-state index in [4.69, 9.17) is 0 Å². The van der Waals surface area contributed by atoms with Gasteiger partial charge < -0.3 is 9.80 Å². The molecule has 6 heteroatoms. The molecular weight excluding hydrogens is 307 g/mol. The van der Waals surface area contributed by atoms with Crippen molar-refractivity contribution in [1.82, 2.24) is 14.7 Å². The summed E-state index contributed by atoms with van der Waals surface area (Å²) >= 11 is 0. The maximum atomic E-state index is 13.1. The van der Waals surface area contributed by atoms with Gasteiger partial charge in [0.15, 0.2) is 0 Å². The van der Waals surface area contributed by atoms with E-state index in [-0.39, 0.29) is 17.8 Å². The standard InChI is InChI=1S/C18H23FN4O/c1-14(2)23-13-15(12-20-23)18(24)22-9-3-8-21(10-11-22)17-6-4-16(19)5-7-17/h4-7,12-14H,3,8-11H2,1-2H3. The maximum Gasteiger partial charge on any atom is 0.257 e. The minimum absolute atomic E-state index is 0.0304. The summed E-state index contributed by atoms with van der Waals surface area (Å²) in [5.74, 6) is -0.199. The Morgan fingerprint density at radius 1 is 1.12 bits per heavy atom. The zero-order chi connectivity index (χ0) is 17.1. The smallest absolute Gasteiger partial charge is 0.257 e. The molecule has 1 aliphatic heterocycles. The van der Waals surface area contributed by atoms with Crippen LogP contribution in [0.4, 0.5) is 10.1 Å². The second-order valence-electron chi connectivity index (χ2n) is 6.41. The molecule has 5 nitrogen and oxygen atoms in total. The van der Waals surface area contributed by atoms with Gasteiger partial charge in [0, 0.05) is 44.1 Å². The molecule has 1 fully saturated rings. The summed E-state index contributed by atoms with van der Waals surface area (Å²) in [7, 11) is 0. The minimum atomic E-state index is -0.229. The quantitative estimate of drug-likeness (QED) is 0.869. The third-order valence-electron chi connectivity index (χ3n) is 4.35. The van der Waals surface area contributed by atoms with Crippen molar-refractivity contribution in [2.75, 3.05) is 31.1 Å². The largest absolute Gasteiger partial charge is 0.370 e. The molecule has 1 amide bonds. The molecule has 2 heterocycles. The van der Waals surface area contributed by atoms with Crippen molar-refractivity contribution in [3.8, 4) is 0 Å². The van der Waals surface area contributed by atoms with E-state index in [9.17, 15) is 9.18 Å². The average molecular weight is 330 g/mol. The van der Waals surface area contributed by atoms with Crippen molar-refractivity contribution in [3.05, 3.63) is 48.0 Å². The summed E-state index contributed by atoms with van der Waals surface area (Å²) in [6.45, 7) is 7.06. The first kappa shape index (κ1) is 16.5. The van der Waals surface area contributed by atoms with E-state index in [0.717, 1.165) is 31.7 Å². The second-order valence-corrected chi connectivity index (χ2v) is 6.41. The molecule has 0 unspecified atom stereocenters. The van der Waals surface area contributed by atoms with Gasteiger partial charge in [-0.05, 0) is 44.5 Å². The summed E-state index contributed by atoms with van der Waals surface area (Å²) in [5, 5.41) is 4.25. The number of hydrogen-bond acceptors (Lipinski definition) is 3. The molecule has 0 saturated carbocycles. The summed E-state index contributed by atoms with van der Waals surface area (Å²) < 4.78 is 14.9. The molecule has 24 heavy (non-hydrogen) atoms. The molecule has 0 radical (unpaired) electrons. The van der Waals surface area contributed by atoms with Gasteiger partial charge in [0.2, 0.25) is 0 Å². The molecule has 128 valence electrons. The minimum Gasteiger partial charge on any atom is -0.370 e. The molecule has 1 saturated heterocycles. The topological polar surface area (TPSA) is 41.4 Å². The third kappa shape index (κ3) is 3.58.